The van der Waals surface area contributed by atoms with Gasteiger partial charge < -0.3 is 14.4 Å². The number of rotatable bonds is 10. The third-order valence-electron chi connectivity index (χ3n) is 5.74. The lowest BCUT2D eigenvalue weighted by Crippen LogP contribution is -2.07. The molecule has 1 N–H and O–H groups in total. The summed E-state index contributed by atoms with van der Waals surface area (Å²) in [4.78, 5) is 11.7. The van der Waals surface area contributed by atoms with Crippen molar-refractivity contribution in [2.75, 3.05) is 6.61 Å². The molecule has 1 atom stereocenters. The number of aliphatic hydroxyl groups is 1. The van der Waals surface area contributed by atoms with Crippen LogP contribution in [-0.4, -0.2) is 28.3 Å². The van der Waals surface area contributed by atoms with Gasteiger partial charge in [-0.15, -0.1) is 11.8 Å². The molecule has 180 valence electrons. The average Bonchev–Trinajstić information content (AvgIpc) is 3.24. The van der Waals surface area contributed by atoms with Gasteiger partial charge in [-0.2, -0.15) is 0 Å². The number of thioether (sulfide) groups is 1. The van der Waals surface area contributed by atoms with Crippen molar-refractivity contribution >= 4 is 17.7 Å². The highest BCUT2D eigenvalue weighted by molar-refractivity contribution is 7.98. The summed E-state index contributed by atoms with van der Waals surface area (Å²) >= 11 is 1.50. The van der Waals surface area contributed by atoms with E-state index in [0.717, 1.165) is 39.3 Å². The molecule has 0 aliphatic rings. The summed E-state index contributed by atoms with van der Waals surface area (Å²) in [5, 5.41) is 14.8. The highest BCUT2D eigenvalue weighted by Crippen LogP contribution is 2.31. The van der Waals surface area contributed by atoms with Crippen molar-refractivity contribution in [1.29, 1.82) is 0 Å². The molecule has 0 aliphatic carbocycles. The van der Waals surface area contributed by atoms with Gasteiger partial charge in [-0.1, -0.05) is 84.0 Å². The maximum absolute atomic E-state index is 11.7. The Labute approximate surface area is 210 Å². The molecule has 0 aliphatic heterocycles. The first-order valence-electron chi connectivity index (χ1n) is 11.7. The van der Waals surface area contributed by atoms with Crippen molar-refractivity contribution in [3.05, 3.63) is 101 Å². The lowest BCUT2D eigenvalue weighted by Gasteiger charge is -2.11. The summed E-state index contributed by atoms with van der Waals surface area (Å²) in [5.41, 5.74) is 6.31. The summed E-state index contributed by atoms with van der Waals surface area (Å²) in [6.07, 6.45) is 0.738. The first kappa shape index (κ1) is 24.8. The van der Waals surface area contributed by atoms with Crippen LogP contribution in [-0.2, 0) is 28.1 Å². The molecule has 35 heavy (non-hydrogen) atoms. The Bertz CT molecular complexity index is 1230. The van der Waals surface area contributed by atoms with Crippen LogP contribution in [0.5, 0.6) is 0 Å². The van der Waals surface area contributed by atoms with Crippen LogP contribution in [0.25, 0.3) is 22.5 Å². The molecule has 0 radical (unpaired) electrons. The fourth-order valence-corrected chi connectivity index (χ4v) is 4.73. The highest BCUT2D eigenvalue weighted by atomic mass is 32.2. The standard InChI is InChI=1S/C29H29NO4S/c1-3-33-27(31)17-21-9-11-23(12-10-21)24-13-15-25(16-14-24)29-26(20(2)30-34-29)18-28(32)35-19-22-7-5-4-6-8-22/h4-16,28,32H,3,17-19H2,1-2H3/t28-/m0/s1. The number of ether oxygens (including phenoxy) is 1. The fraction of sp³-hybridized carbons (Fsp3) is 0.241. The summed E-state index contributed by atoms with van der Waals surface area (Å²) in [5.74, 6) is 1.22. The molecule has 4 aromatic rings. The Hall–Kier alpha value is -3.35. The molecule has 0 fully saturated rings. The van der Waals surface area contributed by atoms with Crippen molar-refractivity contribution < 1.29 is 19.2 Å². The van der Waals surface area contributed by atoms with Gasteiger partial charge in [-0.25, -0.2) is 0 Å². The Morgan fingerprint density at radius 3 is 2.23 bits per heavy atom. The van der Waals surface area contributed by atoms with E-state index in [2.05, 4.69) is 17.3 Å². The average molecular weight is 488 g/mol. The zero-order valence-corrected chi connectivity index (χ0v) is 20.8. The normalized spacial score (nSPS) is 11.9. The third-order valence-corrected chi connectivity index (χ3v) is 6.79. The van der Waals surface area contributed by atoms with Gasteiger partial charge in [0.2, 0.25) is 0 Å². The molecule has 3 aromatic carbocycles. The lowest BCUT2D eigenvalue weighted by atomic mass is 9.99. The van der Waals surface area contributed by atoms with Crippen LogP contribution >= 0.6 is 11.8 Å². The van der Waals surface area contributed by atoms with E-state index < -0.39 is 5.44 Å². The van der Waals surface area contributed by atoms with Gasteiger partial charge in [0.25, 0.3) is 0 Å². The fourth-order valence-electron chi connectivity index (χ4n) is 3.86. The number of hydrogen-bond acceptors (Lipinski definition) is 6. The van der Waals surface area contributed by atoms with Crippen molar-refractivity contribution in [3.8, 4) is 22.5 Å². The minimum Gasteiger partial charge on any atom is -0.466 e. The maximum Gasteiger partial charge on any atom is 0.310 e. The van der Waals surface area contributed by atoms with E-state index in [0.29, 0.717) is 18.8 Å². The molecule has 1 heterocycles. The molecule has 0 bridgehead atoms. The number of benzene rings is 3. The summed E-state index contributed by atoms with van der Waals surface area (Å²) in [6, 6.07) is 26.1. The zero-order valence-electron chi connectivity index (χ0n) is 19.9. The Kier molecular flexibility index (Phi) is 8.40. The van der Waals surface area contributed by atoms with Gasteiger partial charge in [-0.05, 0) is 36.1 Å². The van der Waals surface area contributed by atoms with Crippen LogP contribution < -0.4 is 0 Å². The van der Waals surface area contributed by atoms with E-state index in [1.54, 1.807) is 6.92 Å². The molecule has 0 saturated carbocycles. The quantitative estimate of drug-likeness (QED) is 0.212. The molecule has 0 spiro atoms. The topological polar surface area (TPSA) is 72.6 Å². The van der Waals surface area contributed by atoms with E-state index >= 15 is 0 Å². The number of aromatic nitrogens is 1. The number of carbonyl (C=O) groups is 1. The molecule has 6 heteroatoms. The molecule has 0 unspecified atom stereocenters. The Morgan fingerprint density at radius 2 is 1.57 bits per heavy atom. The second-order valence-electron chi connectivity index (χ2n) is 8.29. The van der Waals surface area contributed by atoms with Gasteiger partial charge in [0, 0.05) is 23.3 Å². The predicted molar refractivity (Wildman–Crippen MR) is 140 cm³/mol. The van der Waals surface area contributed by atoms with Gasteiger partial charge in [0.15, 0.2) is 5.76 Å². The van der Waals surface area contributed by atoms with Gasteiger partial charge in [0.05, 0.1) is 18.7 Å². The summed E-state index contributed by atoms with van der Waals surface area (Å²) in [7, 11) is 0. The van der Waals surface area contributed by atoms with E-state index in [4.69, 9.17) is 9.26 Å². The number of aryl methyl sites for hydroxylation is 1. The van der Waals surface area contributed by atoms with Crippen molar-refractivity contribution in [2.45, 2.75) is 37.9 Å². The first-order chi connectivity index (χ1) is 17.0. The van der Waals surface area contributed by atoms with Crippen molar-refractivity contribution in [1.82, 2.24) is 5.16 Å². The van der Waals surface area contributed by atoms with Crippen LogP contribution in [0.4, 0.5) is 0 Å². The molecule has 0 saturated heterocycles. The smallest absolute Gasteiger partial charge is 0.310 e. The van der Waals surface area contributed by atoms with E-state index in [-0.39, 0.29) is 12.4 Å². The number of hydrogen-bond donors (Lipinski definition) is 1. The van der Waals surface area contributed by atoms with Gasteiger partial charge >= 0.3 is 5.97 Å². The van der Waals surface area contributed by atoms with Gasteiger partial charge in [0.1, 0.15) is 5.44 Å². The number of carbonyl (C=O) groups excluding carboxylic acids is 1. The van der Waals surface area contributed by atoms with Crippen LogP contribution in [0.1, 0.15) is 29.3 Å². The second kappa shape index (κ2) is 11.9. The molecule has 4 rings (SSSR count). The third kappa shape index (κ3) is 6.62. The zero-order chi connectivity index (χ0) is 24.6. The van der Waals surface area contributed by atoms with Crippen LogP contribution in [0.2, 0.25) is 0 Å². The van der Waals surface area contributed by atoms with Crippen molar-refractivity contribution in [3.63, 3.8) is 0 Å². The molecule has 5 nitrogen and oxygen atoms in total. The largest absolute Gasteiger partial charge is 0.466 e. The monoisotopic (exact) mass is 487 g/mol. The van der Waals surface area contributed by atoms with Gasteiger partial charge in [-0.3, -0.25) is 4.79 Å². The maximum atomic E-state index is 11.7. The molecular weight excluding hydrogens is 458 g/mol. The highest BCUT2D eigenvalue weighted by Gasteiger charge is 2.19. The number of nitrogens with zero attached hydrogens (tertiary/aromatic N) is 1. The second-order valence-corrected chi connectivity index (χ2v) is 9.45. The van der Waals surface area contributed by atoms with Crippen LogP contribution in [0.3, 0.4) is 0 Å². The van der Waals surface area contributed by atoms with E-state index in [1.165, 1.54) is 17.3 Å². The molecular formula is C29H29NO4S. The lowest BCUT2D eigenvalue weighted by molar-refractivity contribution is -0.142. The Morgan fingerprint density at radius 1 is 0.943 bits per heavy atom. The van der Waals surface area contributed by atoms with Crippen LogP contribution in [0.15, 0.2) is 83.4 Å². The predicted octanol–water partition coefficient (Wildman–Crippen LogP) is 6.22. The van der Waals surface area contributed by atoms with Crippen molar-refractivity contribution in [2.24, 2.45) is 0 Å². The molecule has 1 aromatic heterocycles. The molecule has 0 amide bonds. The SMILES string of the molecule is CCOC(=O)Cc1ccc(-c2ccc(-c3onc(C)c3C[C@@H](O)SCc3ccccc3)cc2)cc1. The number of aliphatic hydroxyl groups excluding tert-OH is 1. The Balaban J connectivity index is 1.42. The van der Waals surface area contributed by atoms with E-state index in [9.17, 15) is 9.90 Å². The summed E-state index contributed by atoms with van der Waals surface area (Å²) in [6.45, 7) is 4.10. The minimum absolute atomic E-state index is 0.216. The van der Waals surface area contributed by atoms with Crippen LogP contribution in [0, 0.1) is 6.92 Å². The first-order valence-corrected chi connectivity index (χ1v) is 12.7. The van der Waals surface area contributed by atoms with E-state index in [1.807, 2.05) is 73.7 Å². The summed E-state index contributed by atoms with van der Waals surface area (Å²) < 4.78 is 10.7. The number of esters is 1. The minimum atomic E-state index is -0.556.